The van der Waals surface area contributed by atoms with Crippen LogP contribution in [0.15, 0.2) is 70.6 Å². The highest BCUT2D eigenvalue weighted by Gasteiger charge is 2.71. The van der Waals surface area contributed by atoms with Crippen molar-refractivity contribution in [1.29, 1.82) is 0 Å². The molecule has 4 atom stereocenters. The number of hydrogen-bond donors (Lipinski definition) is 0. The van der Waals surface area contributed by atoms with Crippen LogP contribution < -0.4 is 0 Å². The van der Waals surface area contributed by atoms with Gasteiger partial charge in [-0.05, 0) is 69.7 Å². The van der Waals surface area contributed by atoms with Gasteiger partial charge in [0.2, 0.25) is 10.0 Å². The van der Waals surface area contributed by atoms with Crippen LogP contribution in [0.1, 0.15) is 56.6 Å². The lowest BCUT2D eigenvalue weighted by atomic mass is 9.62. The van der Waals surface area contributed by atoms with Crippen molar-refractivity contribution in [1.82, 2.24) is 4.31 Å². The smallest absolute Gasteiger partial charge is 0.243 e. The van der Waals surface area contributed by atoms with Crippen LogP contribution in [0.3, 0.4) is 0 Å². The molecule has 4 aliphatic rings. The molecule has 0 radical (unpaired) electrons. The topological polar surface area (TPSA) is 46.6 Å². The average Bonchev–Trinajstić information content (AvgIpc) is 3.39. The molecular weight excluding hydrogens is 430 g/mol. The highest BCUT2D eigenvalue weighted by Crippen LogP contribution is 2.69. The number of nitrogens with zero attached hydrogens (tertiary/aromatic N) is 1. The van der Waals surface area contributed by atoms with Crippen LogP contribution in [0.25, 0.3) is 0 Å². The molecule has 4 nitrogen and oxygen atoms in total. The molecule has 0 N–H and O–H groups in total. The number of hydrogen-bond acceptors (Lipinski definition) is 3. The van der Waals surface area contributed by atoms with Crippen LogP contribution >= 0.6 is 0 Å². The summed E-state index contributed by atoms with van der Waals surface area (Å²) in [6.07, 6.45) is 4.61. The first-order chi connectivity index (χ1) is 15.7. The lowest BCUT2D eigenvalue weighted by molar-refractivity contribution is -0.0286. The number of sulfonamides is 1. The van der Waals surface area contributed by atoms with Crippen LogP contribution in [-0.4, -0.2) is 37.5 Å². The van der Waals surface area contributed by atoms with Gasteiger partial charge in [-0.1, -0.05) is 53.6 Å². The third kappa shape index (κ3) is 2.98. The van der Waals surface area contributed by atoms with Crippen molar-refractivity contribution in [3.05, 3.63) is 76.9 Å². The van der Waals surface area contributed by atoms with Crippen molar-refractivity contribution in [2.24, 2.45) is 11.3 Å². The number of fused-ring (bicyclic) bond motifs is 1. The minimum atomic E-state index is -3.57. The number of ether oxygens (including phenoxy) is 1. The van der Waals surface area contributed by atoms with Crippen LogP contribution in [0.5, 0.6) is 0 Å². The molecule has 2 saturated heterocycles. The first-order valence-corrected chi connectivity index (χ1v) is 13.7. The van der Waals surface area contributed by atoms with E-state index in [1.165, 1.54) is 29.6 Å². The molecule has 6 rings (SSSR count). The zero-order valence-electron chi connectivity index (χ0n) is 19.8. The highest BCUT2D eigenvalue weighted by molar-refractivity contribution is 7.89. The van der Waals surface area contributed by atoms with Crippen molar-refractivity contribution >= 4 is 10.0 Å². The van der Waals surface area contributed by atoms with Crippen molar-refractivity contribution in [3.63, 3.8) is 0 Å². The van der Waals surface area contributed by atoms with Gasteiger partial charge in [-0.3, -0.25) is 0 Å². The van der Waals surface area contributed by atoms with Gasteiger partial charge in [-0.2, -0.15) is 4.31 Å². The van der Waals surface area contributed by atoms with Gasteiger partial charge in [0.05, 0.1) is 16.6 Å². The maximum absolute atomic E-state index is 13.8. The fourth-order valence-electron chi connectivity index (χ4n) is 7.43. The zero-order chi connectivity index (χ0) is 23.0. The Morgan fingerprint density at radius 2 is 1.61 bits per heavy atom. The van der Waals surface area contributed by atoms with Gasteiger partial charge in [-0.15, -0.1) is 0 Å². The monoisotopic (exact) mass is 463 g/mol. The molecule has 33 heavy (non-hydrogen) atoms. The Kier molecular flexibility index (Phi) is 4.75. The lowest BCUT2D eigenvalue weighted by Crippen LogP contribution is -2.41. The summed E-state index contributed by atoms with van der Waals surface area (Å²) in [7, 11) is -3.57. The maximum Gasteiger partial charge on any atom is 0.243 e. The van der Waals surface area contributed by atoms with E-state index in [1.54, 1.807) is 16.4 Å². The molecule has 0 amide bonds. The molecule has 2 aliphatic carbocycles. The molecular formula is C28H33NO3S. The maximum atomic E-state index is 13.8. The van der Waals surface area contributed by atoms with Crippen LogP contribution in [0.2, 0.25) is 0 Å². The number of rotatable bonds is 3. The van der Waals surface area contributed by atoms with Gasteiger partial charge in [0.25, 0.3) is 0 Å². The quantitative estimate of drug-likeness (QED) is 0.569. The third-order valence-corrected chi connectivity index (χ3v) is 10.6. The molecule has 0 bridgehead atoms. The summed E-state index contributed by atoms with van der Waals surface area (Å²) in [6.45, 7) is 7.37. The summed E-state index contributed by atoms with van der Waals surface area (Å²) < 4.78 is 36.2. The van der Waals surface area contributed by atoms with Crippen molar-refractivity contribution in [2.45, 2.75) is 69.0 Å². The first-order valence-electron chi connectivity index (χ1n) is 12.3. The average molecular weight is 464 g/mol. The minimum absolute atomic E-state index is 0.0104. The Morgan fingerprint density at radius 1 is 0.939 bits per heavy atom. The second-order valence-corrected chi connectivity index (χ2v) is 12.9. The largest absolute Gasteiger partial charge is 0.367 e. The normalized spacial score (nSPS) is 33.1. The van der Waals surface area contributed by atoms with E-state index < -0.39 is 10.0 Å². The summed E-state index contributed by atoms with van der Waals surface area (Å²) in [4.78, 5) is 0.395. The predicted molar refractivity (Wildman–Crippen MR) is 129 cm³/mol. The van der Waals surface area contributed by atoms with Gasteiger partial charge < -0.3 is 4.74 Å². The molecule has 2 aromatic carbocycles. The summed E-state index contributed by atoms with van der Waals surface area (Å²) in [5.41, 5.74) is 4.78. The predicted octanol–water partition coefficient (Wildman–Crippen LogP) is 5.45. The summed E-state index contributed by atoms with van der Waals surface area (Å²) in [6, 6.07) is 18.1. The molecule has 2 aromatic rings. The molecule has 1 spiro atoms. The Balaban J connectivity index is 1.49. The van der Waals surface area contributed by atoms with Gasteiger partial charge >= 0.3 is 0 Å². The van der Waals surface area contributed by atoms with Gasteiger partial charge in [0.15, 0.2) is 0 Å². The zero-order valence-corrected chi connectivity index (χ0v) is 20.6. The molecule has 2 heterocycles. The number of aryl methyl sites for hydroxylation is 1. The SMILES string of the molecule is Cc1ccc(S(=O)(=O)N2C[C@H]3C(C)(C)O[C@@H]4C5=C(CCCC5)[C@@H](c5ccccc5)[C@@]43C2)cc1. The second-order valence-electron chi connectivity index (χ2n) is 11.0. The van der Waals surface area contributed by atoms with Gasteiger partial charge in [-0.25, -0.2) is 8.42 Å². The fourth-order valence-corrected chi connectivity index (χ4v) is 8.94. The second kappa shape index (κ2) is 7.27. The number of benzene rings is 2. The van der Waals surface area contributed by atoms with E-state index in [0.29, 0.717) is 18.0 Å². The van der Waals surface area contributed by atoms with E-state index in [1.807, 2.05) is 19.1 Å². The molecule has 0 saturated carbocycles. The molecule has 5 heteroatoms. The molecule has 0 unspecified atom stereocenters. The molecule has 0 aromatic heterocycles. The third-order valence-electron chi connectivity index (χ3n) is 8.78. The van der Waals surface area contributed by atoms with Crippen molar-refractivity contribution in [2.75, 3.05) is 13.1 Å². The van der Waals surface area contributed by atoms with E-state index in [4.69, 9.17) is 4.74 Å². The Labute approximate surface area is 197 Å². The Morgan fingerprint density at radius 3 is 2.30 bits per heavy atom. The van der Waals surface area contributed by atoms with E-state index >= 15 is 0 Å². The van der Waals surface area contributed by atoms with Crippen LogP contribution in [-0.2, 0) is 14.8 Å². The first kappa shape index (κ1) is 21.6. The Bertz CT molecular complexity index is 1220. The van der Waals surface area contributed by atoms with Crippen molar-refractivity contribution < 1.29 is 13.2 Å². The van der Waals surface area contributed by atoms with Gasteiger partial charge in [0.1, 0.15) is 0 Å². The molecule has 2 fully saturated rings. The number of allylic oxidation sites excluding steroid dienone is 1. The minimum Gasteiger partial charge on any atom is -0.367 e. The molecule has 2 aliphatic heterocycles. The fraction of sp³-hybridized carbons (Fsp3) is 0.500. The van der Waals surface area contributed by atoms with E-state index in [0.717, 1.165) is 18.4 Å². The standard InChI is InChI=1S/C28H33NO3S/c1-19-13-15-21(16-14-19)33(30,31)29-17-24-27(2,3)32-26-23-12-8-7-11-22(23)25(28(24,26)18-29)20-9-5-4-6-10-20/h4-6,9-10,13-16,24-26H,7-8,11-12,17-18H2,1-3H3/t24-,25+,26+,28-/m0/s1. The van der Waals surface area contributed by atoms with Crippen LogP contribution in [0, 0.1) is 18.3 Å². The van der Waals surface area contributed by atoms with E-state index in [9.17, 15) is 8.42 Å². The summed E-state index contributed by atoms with van der Waals surface area (Å²) in [5.74, 6) is 0.370. The highest BCUT2D eigenvalue weighted by atomic mass is 32.2. The lowest BCUT2D eigenvalue weighted by Gasteiger charge is -2.38. The van der Waals surface area contributed by atoms with E-state index in [-0.39, 0.29) is 29.0 Å². The summed E-state index contributed by atoms with van der Waals surface area (Å²) in [5, 5.41) is 0. The summed E-state index contributed by atoms with van der Waals surface area (Å²) >= 11 is 0. The van der Waals surface area contributed by atoms with Crippen LogP contribution in [0.4, 0.5) is 0 Å². The van der Waals surface area contributed by atoms with Crippen molar-refractivity contribution in [3.8, 4) is 0 Å². The van der Waals surface area contributed by atoms with E-state index in [2.05, 4.69) is 44.2 Å². The molecule has 174 valence electrons. The van der Waals surface area contributed by atoms with Gasteiger partial charge in [0, 0.05) is 30.3 Å². The Hall–Kier alpha value is -1.95.